The van der Waals surface area contributed by atoms with Crippen LogP contribution in [0.15, 0.2) is 24.3 Å². The molecule has 1 amide bonds. The van der Waals surface area contributed by atoms with E-state index >= 15 is 0 Å². The van der Waals surface area contributed by atoms with Gasteiger partial charge in [0, 0.05) is 26.2 Å². The van der Waals surface area contributed by atoms with Gasteiger partial charge in [-0.2, -0.15) is 0 Å². The summed E-state index contributed by atoms with van der Waals surface area (Å²) in [5.41, 5.74) is 7.03. The minimum atomic E-state index is -0.329. The van der Waals surface area contributed by atoms with Crippen LogP contribution >= 0.6 is 0 Å². The van der Waals surface area contributed by atoms with Crippen LogP contribution in [0.1, 0.15) is 28.8 Å². The Kier molecular flexibility index (Phi) is 6.55. The van der Waals surface area contributed by atoms with Crippen molar-refractivity contribution in [1.29, 1.82) is 0 Å². The fourth-order valence-electron chi connectivity index (χ4n) is 2.93. The highest BCUT2D eigenvalue weighted by Gasteiger charge is 2.25. The predicted molar refractivity (Wildman–Crippen MR) is 87.8 cm³/mol. The summed E-state index contributed by atoms with van der Waals surface area (Å²) >= 11 is 0. The van der Waals surface area contributed by atoms with Crippen LogP contribution in [0.3, 0.4) is 0 Å². The first kappa shape index (κ1) is 17.4. The summed E-state index contributed by atoms with van der Waals surface area (Å²) in [5.74, 6) is -0.230. The topological polar surface area (TPSA) is 84.7 Å². The van der Waals surface area contributed by atoms with Gasteiger partial charge in [0.15, 0.2) is 0 Å². The molecule has 1 aromatic carbocycles. The van der Waals surface area contributed by atoms with Crippen molar-refractivity contribution < 1.29 is 14.3 Å². The molecular weight excluding hydrogens is 294 g/mol. The van der Waals surface area contributed by atoms with Crippen molar-refractivity contribution >= 4 is 11.9 Å². The average molecular weight is 319 g/mol. The molecule has 1 aromatic rings. The Morgan fingerprint density at radius 2 is 2.26 bits per heavy atom. The van der Waals surface area contributed by atoms with Crippen LogP contribution in [0.5, 0.6) is 0 Å². The van der Waals surface area contributed by atoms with Gasteiger partial charge in [-0.05, 0) is 37.1 Å². The van der Waals surface area contributed by atoms with Gasteiger partial charge < -0.3 is 15.8 Å². The van der Waals surface area contributed by atoms with Crippen LogP contribution in [0, 0.1) is 5.92 Å². The number of ether oxygens (including phenoxy) is 1. The zero-order valence-electron chi connectivity index (χ0n) is 13.6. The highest BCUT2D eigenvalue weighted by Crippen LogP contribution is 2.19. The number of likely N-dealkylation sites (tertiary alicyclic amines) is 1. The largest absolute Gasteiger partial charge is 0.465 e. The third-order valence-corrected chi connectivity index (χ3v) is 4.07. The number of nitrogens with zero attached hydrogens (tertiary/aromatic N) is 1. The molecule has 23 heavy (non-hydrogen) atoms. The van der Waals surface area contributed by atoms with Gasteiger partial charge >= 0.3 is 5.97 Å². The third-order valence-electron chi connectivity index (χ3n) is 4.07. The number of hydrogen-bond acceptors (Lipinski definition) is 5. The van der Waals surface area contributed by atoms with Crippen molar-refractivity contribution in [2.75, 3.05) is 33.3 Å². The van der Waals surface area contributed by atoms with Crippen LogP contribution in [-0.4, -0.2) is 50.1 Å². The summed E-state index contributed by atoms with van der Waals surface area (Å²) in [4.78, 5) is 25.9. The lowest BCUT2D eigenvalue weighted by Gasteiger charge is -2.32. The van der Waals surface area contributed by atoms with E-state index in [9.17, 15) is 9.59 Å². The van der Waals surface area contributed by atoms with Gasteiger partial charge in [-0.1, -0.05) is 12.1 Å². The number of methoxy groups -OCH3 is 1. The molecule has 0 bridgehead atoms. The van der Waals surface area contributed by atoms with E-state index in [-0.39, 0.29) is 17.8 Å². The van der Waals surface area contributed by atoms with Crippen molar-refractivity contribution in [1.82, 2.24) is 10.2 Å². The standard InChI is InChI=1S/C17H25N3O3/c1-23-17(22)14-5-2-4-13(10-14)11-20-9-3-6-15(12-20)16(21)19-8-7-18/h2,4-5,10,15H,3,6-9,11-12,18H2,1H3,(H,19,21). The SMILES string of the molecule is COC(=O)c1cccc(CN2CCCC(C(=O)NCCN)C2)c1. The van der Waals surface area contributed by atoms with E-state index in [0.29, 0.717) is 18.7 Å². The lowest BCUT2D eigenvalue weighted by molar-refractivity contribution is -0.126. The lowest BCUT2D eigenvalue weighted by atomic mass is 9.96. The second-order valence-corrected chi connectivity index (χ2v) is 5.85. The highest BCUT2D eigenvalue weighted by atomic mass is 16.5. The van der Waals surface area contributed by atoms with Crippen molar-refractivity contribution in [3.8, 4) is 0 Å². The number of nitrogens with one attached hydrogen (secondary N) is 1. The van der Waals surface area contributed by atoms with Crippen molar-refractivity contribution in [3.05, 3.63) is 35.4 Å². The normalized spacial score (nSPS) is 18.4. The molecule has 3 N–H and O–H groups in total. The second kappa shape index (κ2) is 8.64. The third kappa shape index (κ3) is 5.04. The fraction of sp³-hybridized carbons (Fsp3) is 0.529. The molecule has 0 aromatic heterocycles. The fourth-order valence-corrected chi connectivity index (χ4v) is 2.93. The van der Waals surface area contributed by atoms with Crippen LogP contribution in [0.2, 0.25) is 0 Å². The number of rotatable bonds is 6. The highest BCUT2D eigenvalue weighted by molar-refractivity contribution is 5.89. The summed E-state index contributed by atoms with van der Waals surface area (Å²) in [6.07, 6.45) is 1.91. The molecule has 1 aliphatic rings. The van der Waals surface area contributed by atoms with E-state index in [1.807, 2.05) is 18.2 Å². The zero-order chi connectivity index (χ0) is 16.7. The average Bonchev–Trinajstić information content (AvgIpc) is 2.59. The van der Waals surface area contributed by atoms with Gasteiger partial charge in [0.05, 0.1) is 18.6 Å². The number of benzene rings is 1. The lowest BCUT2D eigenvalue weighted by Crippen LogP contribution is -2.43. The molecule has 1 fully saturated rings. The van der Waals surface area contributed by atoms with E-state index in [2.05, 4.69) is 10.2 Å². The number of carbonyl (C=O) groups excluding carboxylic acids is 2. The quantitative estimate of drug-likeness (QED) is 0.756. The van der Waals surface area contributed by atoms with E-state index in [1.165, 1.54) is 7.11 Å². The van der Waals surface area contributed by atoms with Crippen molar-refractivity contribution in [3.63, 3.8) is 0 Å². The minimum Gasteiger partial charge on any atom is -0.465 e. The van der Waals surface area contributed by atoms with Gasteiger partial charge in [-0.3, -0.25) is 9.69 Å². The number of esters is 1. The summed E-state index contributed by atoms with van der Waals surface area (Å²) < 4.78 is 4.75. The Bertz CT molecular complexity index is 548. The molecule has 1 aliphatic heterocycles. The molecule has 6 heteroatoms. The van der Waals surface area contributed by atoms with E-state index in [1.54, 1.807) is 6.07 Å². The van der Waals surface area contributed by atoms with Crippen molar-refractivity contribution in [2.45, 2.75) is 19.4 Å². The van der Waals surface area contributed by atoms with Crippen LogP contribution in [0.4, 0.5) is 0 Å². The second-order valence-electron chi connectivity index (χ2n) is 5.85. The molecule has 0 spiro atoms. The molecule has 126 valence electrons. The molecule has 0 aliphatic carbocycles. The minimum absolute atomic E-state index is 0.0130. The van der Waals surface area contributed by atoms with Gasteiger partial charge in [0.2, 0.25) is 5.91 Å². The van der Waals surface area contributed by atoms with Gasteiger partial charge in [-0.15, -0.1) is 0 Å². The molecule has 0 saturated carbocycles. The molecule has 0 radical (unpaired) electrons. The summed E-state index contributed by atoms with van der Waals surface area (Å²) in [6, 6.07) is 7.44. The molecule has 1 atom stereocenters. The monoisotopic (exact) mass is 319 g/mol. The molecule has 1 heterocycles. The molecular formula is C17H25N3O3. The first-order valence-electron chi connectivity index (χ1n) is 8.01. The van der Waals surface area contributed by atoms with E-state index < -0.39 is 0 Å². The number of hydrogen-bond donors (Lipinski definition) is 2. The Hall–Kier alpha value is -1.92. The van der Waals surface area contributed by atoms with Crippen LogP contribution in [0.25, 0.3) is 0 Å². The number of piperidine rings is 1. The smallest absolute Gasteiger partial charge is 0.337 e. The molecule has 1 unspecified atom stereocenters. The zero-order valence-corrected chi connectivity index (χ0v) is 13.6. The van der Waals surface area contributed by atoms with E-state index in [4.69, 9.17) is 10.5 Å². The maximum absolute atomic E-state index is 12.1. The molecule has 1 saturated heterocycles. The van der Waals surface area contributed by atoms with Gasteiger partial charge in [0.1, 0.15) is 0 Å². The number of carbonyl (C=O) groups is 2. The van der Waals surface area contributed by atoms with Crippen molar-refractivity contribution in [2.24, 2.45) is 11.7 Å². The van der Waals surface area contributed by atoms with Gasteiger partial charge in [0.25, 0.3) is 0 Å². The van der Waals surface area contributed by atoms with E-state index in [0.717, 1.165) is 38.0 Å². The Balaban J connectivity index is 1.94. The first-order chi connectivity index (χ1) is 11.1. The maximum Gasteiger partial charge on any atom is 0.337 e. The Labute approximate surface area is 137 Å². The number of amides is 1. The summed E-state index contributed by atoms with van der Waals surface area (Å²) in [5, 5.41) is 2.87. The Morgan fingerprint density at radius 1 is 1.43 bits per heavy atom. The Morgan fingerprint density at radius 3 is 3.00 bits per heavy atom. The maximum atomic E-state index is 12.1. The summed E-state index contributed by atoms with van der Waals surface area (Å²) in [7, 11) is 1.38. The molecule has 2 rings (SSSR count). The first-order valence-corrected chi connectivity index (χ1v) is 8.01. The summed E-state index contributed by atoms with van der Waals surface area (Å²) in [6.45, 7) is 3.41. The van der Waals surface area contributed by atoms with Crippen LogP contribution < -0.4 is 11.1 Å². The number of nitrogens with two attached hydrogens (primary N) is 1. The van der Waals surface area contributed by atoms with Crippen LogP contribution in [-0.2, 0) is 16.1 Å². The predicted octanol–water partition coefficient (Wildman–Crippen LogP) is 0.760. The van der Waals surface area contributed by atoms with Gasteiger partial charge in [-0.25, -0.2) is 4.79 Å². The molecule has 6 nitrogen and oxygen atoms in total.